The van der Waals surface area contributed by atoms with Gasteiger partial charge in [-0.3, -0.25) is 19.0 Å². The van der Waals surface area contributed by atoms with Crippen LogP contribution in [0.3, 0.4) is 0 Å². The summed E-state index contributed by atoms with van der Waals surface area (Å²) in [6.07, 6.45) is 0. The number of thiophene rings is 1. The molecule has 0 aliphatic carbocycles. The molecule has 10 heteroatoms. The van der Waals surface area contributed by atoms with Gasteiger partial charge < -0.3 is 11.1 Å². The summed E-state index contributed by atoms with van der Waals surface area (Å²) in [6.45, 7) is 3.36. The predicted molar refractivity (Wildman–Crippen MR) is 130 cm³/mol. The van der Waals surface area contributed by atoms with Crippen molar-refractivity contribution in [2.24, 2.45) is 5.73 Å². The summed E-state index contributed by atoms with van der Waals surface area (Å²) in [7, 11) is 0. The normalized spacial score (nSPS) is 11.0. The highest BCUT2D eigenvalue weighted by Gasteiger charge is 2.21. The van der Waals surface area contributed by atoms with Gasteiger partial charge in [-0.05, 0) is 61.9 Å². The van der Waals surface area contributed by atoms with Crippen molar-refractivity contribution in [1.82, 2.24) is 9.13 Å². The van der Waals surface area contributed by atoms with Crippen LogP contribution in [0.1, 0.15) is 20.8 Å². The molecule has 2 aromatic carbocycles. The first-order valence-electron chi connectivity index (χ1n) is 9.88. The number of fused-ring (bicyclic) bond motifs is 1. The fraction of sp³-hybridized carbons (Fsp3) is 0.130. The molecule has 0 saturated carbocycles. The van der Waals surface area contributed by atoms with Gasteiger partial charge >= 0.3 is 5.69 Å². The molecule has 0 spiro atoms. The Morgan fingerprint density at radius 1 is 1.09 bits per heavy atom. The first kappa shape index (κ1) is 22.5. The van der Waals surface area contributed by atoms with Gasteiger partial charge in [0.2, 0.25) is 11.8 Å². The van der Waals surface area contributed by atoms with E-state index in [4.69, 9.17) is 17.3 Å². The number of nitrogens with zero attached hydrogens (tertiary/aromatic N) is 2. The van der Waals surface area contributed by atoms with Gasteiger partial charge in [0.05, 0.1) is 11.1 Å². The third kappa shape index (κ3) is 4.20. The van der Waals surface area contributed by atoms with Crippen LogP contribution in [0.2, 0.25) is 5.02 Å². The minimum atomic E-state index is -0.643. The molecule has 0 radical (unpaired) electrons. The van der Waals surface area contributed by atoms with Crippen LogP contribution in [0.25, 0.3) is 15.9 Å². The molecule has 0 aliphatic heterocycles. The number of anilines is 1. The first-order chi connectivity index (χ1) is 15.7. The Kier molecular flexibility index (Phi) is 5.92. The molecule has 0 unspecified atom stereocenters. The van der Waals surface area contributed by atoms with E-state index in [1.165, 1.54) is 34.1 Å². The van der Waals surface area contributed by atoms with E-state index >= 15 is 0 Å². The average molecular weight is 483 g/mol. The summed E-state index contributed by atoms with van der Waals surface area (Å²) in [5, 5.41) is 3.46. The molecule has 4 rings (SSSR count). The van der Waals surface area contributed by atoms with Gasteiger partial charge in [-0.1, -0.05) is 17.7 Å². The minimum Gasteiger partial charge on any atom is -0.366 e. The smallest absolute Gasteiger partial charge is 0.337 e. The van der Waals surface area contributed by atoms with Crippen LogP contribution in [-0.4, -0.2) is 20.9 Å². The highest BCUT2D eigenvalue weighted by atomic mass is 35.5. The number of aryl methyl sites for hydroxylation is 2. The lowest BCUT2D eigenvalue weighted by Crippen LogP contribution is -2.40. The third-order valence-corrected chi connectivity index (χ3v) is 6.74. The third-order valence-electron chi connectivity index (χ3n) is 5.27. The SMILES string of the molecule is Cc1sc2c(c1C)c(=O)n(-c1cccc(Cl)c1)c(=O)n2CC(=O)Nc1ccc(C(N)=O)cc1. The highest BCUT2D eigenvalue weighted by molar-refractivity contribution is 7.18. The van der Waals surface area contributed by atoms with E-state index in [9.17, 15) is 19.2 Å². The first-order valence-corrected chi connectivity index (χ1v) is 11.1. The number of halogens is 1. The van der Waals surface area contributed by atoms with Crippen molar-refractivity contribution in [3.8, 4) is 5.69 Å². The van der Waals surface area contributed by atoms with Crippen molar-refractivity contribution in [2.45, 2.75) is 20.4 Å². The maximum absolute atomic E-state index is 13.4. The van der Waals surface area contributed by atoms with E-state index < -0.39 is 23.1 Å². The topological polar surface area (TPSA) is 116 Å². The number of nitrogens with two attached hydrogens (primary N) is 1. The molecule has 0 saturated heterocycles. The number of hydrogen-bond donors (Lipinski definition) is 2. The average Bonchev–Trinajstić information content (AvgIpc) is 3.06. The molecule has 0 bridgehead atoms. The molecule has 0 atom stereocenters. The van der Waals surface area contributed by atoms with Crippen molar-refractivity contribution in [3.63, 3.8) is 0 Å². The Morgan fingerprint density at radius 2 is 1.79 bits per heavy atom. The lowest BCUT2D eigenvalue weighted by Gasteiger charge is -2.13. The van der Waals surface area contributed by atoms with Crippen LogP contribution in [0.4, 0.5) is 5.69 Å². The molecule has 3 N–H and O–H groups in total. The second-order valence-electron chi connectivity index (χ2n) is 7.44. The van der Waals surface area contributed by atoms with Gasteiger partial charge in [-0.15, -0.1) is 11.3 Å². The van der Waals surface area contributed by atoms with Crippen molar-refractivity contribution in [1.29, 1.82) is 0 Å². The number of aromatic nitrogens is 2. The molecule has 2 amide bonds. The Balaban J connectivity index is 1.80. The molecular formula is C23H19ClN4O4S. The van der Waals surface area contributed by atoms with E-state index in [-0.39, 0.29) is 6.54 Å². The number of primary amides is 1. The Labute approximate surface area is 196 Å². The van der Waals surface area contributed by atoms with E-state index in [1.54, 1.807) is 30.3 Å². The number of benzene rings is 2. The maximum Gasteiger partial charge on any atom is 0.337 e. The Morgan fingerprint density at radius 3 is 2.42 bits per heavy atom. The van der Waals surface area contributed by atoms with E-state index in [1.807, 2.05) is 13.8 Å². The molecule has 2 aromatic heterocycles. The Bertz CT molecular complexity index is 1530. The molecule has 4 aromatic rings. The van der Waals surface area contributed by atoms with Crippen LogP contribution < -0.4 is 22.3 Å². The molecule has 0 fully saturated rings. The number of amides is 2. The highest BCUT2D eigenvalue weighted by Crippen LogP contribution is 2.27. The van der Waals surface area contributed by atoms with Gasteiger partial charge in [0.1, 0.15) is 11.4 Å². The summed E-state index contributed by atoms with van der Waals surface area (Å²) in [5.74, 6) is -1.04. The lowest BCUT2D eigenvalue weighted by molar-refractivity contribution is -0.116. The summed E-state index contributed by atoms with van der Waals surface area (Å²) >= 11 is 7.37. The van der Waals surface area contributed by atoms with Gasteiger partial charge in [-0.25, -0.2) is 9.36 Å². The Hall–Kier alpha value is -3.69. The van der Waals surface area contributed by atoms with Crippen LogP contribution in [-0.2, 0) is 11.3 Å². The zero-order chi connectivity index (χ0) is 23.9. The van der Waals surface area contributed by atoms with Crippen LogP contribution in [0.5, 0.6) is 0 Å². The molecule has 168 valence electrons. The number of carbonyl (C=O) groups is 2. The fourth-order valence-electron chi connectivity index (χ4n) is 3.50. The molecule has 33 heavy (non-hydrogen) atoms. The standard InChI is InChI=1S/C23H19ClN4O4S/c1-12-13(2)33-22-19(12)21(31)28(17-5-3-4-15(24)10-17)23(32)27(22)11-18(29)26-16-8-6-14(7-9-16)20(25)30/h3-10H,11H2,1-2H3,(H2,25,30)(H,26,29). The second-order valence-corrected chi connectivity index (χ2v) is 9.08. The maximum atomic E-state index is 13.4. The molecule has 8 nitrogen and oxygen atoms in total. The van der Waals surface area contributed by atoms with Crippen LogP contribution >= 0.6 is 22.9 Å². The summed E-state index contributed by atoms with van der Waals surface area (Å²) in [4.78, 5) is 52.0. The second kappa shape index (κ2) is 8.68. The monoisotopic (exact) mass is 482 g/mol. The van der Waals surface area contributed by atoms with Gasteiger partial charge in [0.25, 0.3) is 5.56 Å². The minimum absolute atomic E-state index is 0.309. The van der Waals surface area contributed by atoms with Crippen molar-refractivity contribution >= 4 is 50.7 Å². The van der Waals surface area contributed by atoms with E-state index in [0.29, 0.717) is 32.2 Å². The predicted octanol–water partition coefficient (Wildman–Crippen LogP) is 3.22. The molecule has 0 aliphatic rings. The fourth-order valence-corrected chi connectivity index (χ4v) is 4.83. The van der Waals surface area contributed by atoms with Gasteiger partial charge in [-0.2, -0.15) is 0 Å². The summed E-state index contributed by atoms with van der Waals surface area (Å²) < 4.78 is 2.32. The number of nitrogens with one attached hydrogen (secondary N) is 1. The lowest BCUT2D eigenvalue weighted by atomic mass is 10.2. The summed E-state index contributed by atoms with van der Waals surface area (Å²) in [6, 6.07) is 12.5. The number of rotatable bonds is 5. The number of hydrogen-bond acceptors (Lipinski definition) is 5. The van der Waals surface area contributed by atoms with Gasteiger partial charge in [0, 0.05) is 21.2 Å². The van der Waals surface area contributed by atoms with Crippen molar-refractivity contribution in [3.05, 3.63) is 90.4 Å². The zero-order valence-electron chi connectivity index (χ0n) is 17.7. The van der Waals surface area contributed by atoms with E-state index in [2.05, 4.69) is 5.32 Å². The van der Waals surface area contributed by atoms with Gasteiger partial charge in [0.15, 0.2) is 0 Å². The quantitative estimate of drug-likeness (QED) is 0.454. The van der Waals surface area contributed by atoms with Crippen molar-refractivity contribution < 1.29 is 9.59 Å². The summed E-state index contributed by atoms with van der Waals surface area (Å²) in [5.41, 5.74) is 5.96. The molecule has 2 heterocycles. The zero-order valence-corrected chi connectivity index (χ0v) is 19.3. The van der Waals surface area contributed by atoms with Crippen LogP contribution in [0, 0.1) is 13.8 Å². The largest absolute Gasteiger partial charge is 0.366 e. The van der Waals surface area contributed by atoms with Crippen molar-refractivity contribution in [2.75, 3.05) is 5.32 Å². The van der Waals surface area contributed by atoms with Crippen LogP contribution in [0.15, 0.2) is 58.1 Å². The molecular weight excluding hydrogens is 464 g/mol. The van der Waals surface area contributed by atoms with E-state index in [0.717, 1.165) is 15.0 Å². The number of carbonyl (C=O) groups excluding carboxylic acids is 2.